The van der Waals surface area contributed by atoms with E-state index < -0.39 is 11.8 Å². The highest BCUT2D eigenvalue weighted by Gasteiger charge is 2.38. The van der Waals surface area contributed by atoms with Crippen LogP contribution in [-0.2, 0) is 19.1 Å². The molecule has 0 bridgehead atoms. The van der Waals surface area contributed by atoms with Gasteiger partial charge in [-0.2, -0.15) is 0 Å². The van der Waals surface area contributed by atoms with E-state index >= 15 is 0 Å². The number of aromatic nitrogens is 2. The van der Waals surface area contributed by atoms with Gasteiger partial charge in [0.1, 0.15) is 5.65 Å². The number of esters is 1. The number of carbonyl (C=O) groups excluding carboxylic acids is 2. The number of Topliss-reactive ketones (excluding diaryl/α,β-unsaturated/α-hetero) is 1. The number of carbonyl (C=O) groups is 2. The molecule has 3 heterocycles. The summed E-state index contributed by atoms with van der Waals surface area (Å²) in [5, 5.41) is 0.862. The van der Waals surface area contributed by atoms with Crippen LogP contribution < -0.4 is 0 Å². The van der Waals surface area contributed by atoms with Gasteiger partial charge in [-0.1, -0.05) is 0 Å². The Labute approximate surface area is 144 Å². The molecule has 7 nitrogen and oxygen atoms in total. The highest BCUT2D eigenvalue weighted by molar-refractivity contribution is 6.26. The molecule has 0 fully saturated rings. The molecule has 0 spiro atoms. The zero-order valence-electron chi connectivity index (χ0n) is 14.3. The normalized spacial score (nSPS) is 15.8. The predicted molar refractivity (Wildman–Crippen MR) is 92.1 cm³/mol. The Morgan fingerprint density at radius 1 is 1.44 bits per heavy atom. The summed E-state index contributed by atoms with van der Waals surface area (Å²) >= 11 is 0. The molecule has 1 N–H and O–H groups in total. The van der Waals surface area contributed by atoms with Crippen molar-refractivity contribution in [3.8, 4) is 0 Å². The first-order valence-electron chi connectivity index (χ1n) is 8.05. The van der Waals surface area contributed by atoms with Gasteiger partial charge in [0.25, 0.3) is 0 Å². The van der Waals surface area contributed by atoms with Crippen LogP contribution in [0.2, 0.25) is 0 Å². The van der Waals surface area contributed by atoms with Gasteiger partial charge >= 0.3 is 5.97 Å². The largest absolute Gasteiger partial charge is 0.462 e. The minimum atomic E-state index is -0.674. The third-order valence-electron chi connectivity index (χ3n) is 3.94. The molecular formula is C18H19N3O4. The third-order valence-corrected chi connectivity index (χ3v) is 3.94. The minimum absolute atomic E-state index is 0.0737. The molecule has 0 atom stereocenters. The number of ether oxygens (including phenoxy) is 2. The number of H-pyrrole nitrogens is 1. The fraction of sp³-hybridized carbons (Fsp3) is 0.278. The number of nitrogens with one attached hydrogen (secondary N) is 1. The van der Waals surface area contributed by atoms with Crippen molar-refractivity contribution in [3.05, 3.63) is 47.3 Å². The molecule has 3 rings (SSSR count). The van der Waals surface area contributed by atoms with Crippen molar-refractivity contribution in [1.29, 1.82) is 0 Å². The lowest BCUT2D eigenvalue weighted by atomic mass is 10.1. The molecule has 0 aliphatic carbocycles. The molecule has 0 radical (unpaired) electrons. The molecule has 1 aliphatic heterocycles. The number of ketones is 1. The number of allylic oxidation sites excluding steroid dienone is 1. The van der Waals surface area contributed by atoms with Crippen molar-refractivity contribution in [2.75, 3.05) is 20.2 Å². The van der Waals surface area contributed by atoms with Gasteiger partial charge in [0.15, 0.2) is 11.3 Å². The molecule has 0 amide bonds. The van der Waals surface area contributed by atoms with Crippen molar-refractivity contribution in [3.63, 3.8) is 0 Å². The van der Waals surface area contributed by atoms with Crippen molar-refractivity contribution in [1.82, 2.24) is 14.9 Å². The highest BCUT2D eigenvalue weighted by atomic mass is 16.5. The maximum Gasteiger partial charge on any atom is 0.347 e. The fourth-order valence-electron chi connectivity index (χ4n) is 2.55. The zero-order valence-corrected chi connectivity index (χ0v) is 14.3. The summed E-state index contributed by atoms with van der Waals surface area (Å²) in [4.78, 5) is 33.9. The lowest BCUT2D eigenvalue weighted by molar-refractivity contribution is -0.139. The first-order chi connectivity index (χ1) is 12.1. The monoisotopic (exact) mass is 341 g/mol. The van der Waals surface area contributed by atoms with E-state index in [0.717, 1.165) is 10.9 Å². The summed E-state index contributed by atoms with van der Waals surface area (Å²) in [7, 11) is 1.75. The Balaban J connectivity index is 2.00. The van der Waals surface area contributed by atoms with Gasteiger partial charge in [0.05, 0.1) is 6.61 Å². The molecule has 130 valence electrons. The van der Waals surface area contributed by atoms with Crippen molar-refractivity contribution >= 4 is 28.9 Å². The third kappa shape index (κ3) is 3.00. The van der Waals surface area contributed by atoms with E-state index in [0.29, 0.717) is 12.2 Å². The fourth-order valence-corrected chi connectivity index (χ4v) is 2.55. The molecule has 0 aromatic carbocycles. The molecule has 2 aromatic rings. The summed E-state index contributed by atoms with van der Waals surface area (Å²) in [5.74, 6) is -0.850. The SMILES string of the molecule is CCOC(=O)C1=C(N(C)CC)O/C(=C\c2c[nH]c3ncccc23)C1=O. The number of rotatable bonds is 5. The Morgan fingerprint density at radius 3 is 2.96 bits per heavy atom. The second-order valence-corrected chi connectivity index (χ2v) is 5.50. The van der Waals surface area contributed by atoms with Crippen LogP contribution in [0, 0.1) is 0 Å². The number of nitrogens with zero attached hydrogens (tertiary/aromatic N) is 2. The lowest BCUT2D eigenvalue weighted by Crippen LogP contribution is -2.22. The van der Waals surface area contributed by atoms with E-state index in [9.17, 15) is 9.59 Å². The molecule has 0 saturated carbocycles. The molecule has 1 aliphatic rings. The molecule has 0 unspecified atom stereocenters. The first kappa shape index (κ1) is 16.8. The van der Waals surface area contributed by atoms with E-state index in [1.54, 1.807) is 37.3 Å². The van der Waals surface area contributed by atoms with E-state index in [2.05, 4.69) is 9.97 Å². The molecule has 25 heavy (non-hydrogen) atoms. The Morgan fingerprint density at radius 2 is 2.24 bits per heavy atom. The average molecular weight is 341 g/mol. The van der Waals surface area contributed by atoms with Crippen LogP contribution in [-0.4, -0.2) is 46.8 Å². The highest BCUT2D eigenvalue weighted by Crippen LogP contribution is 2.30. The number of hydrogen-bond donors (Lipinski definition) is 1. The van der Waals surface area contributed by atoms with E-state index in [1.165, 1.54) is 0 Å². The van der Waals surface area contributed by atoms with Crippen LogP contribution in [0.25, 0.3) is 17.1 Å². The van der Waals surface area contributed by atoms with Gasteiger partial charge in [-0.05, 0) is 32.1 Å². The molecular weight excluding hydrogens is 322 g/mol. The van der Waals surface area contributed by atoms with Gasteiger partial charge in [-0.15, -0.1) is 0 Å². The second-order valence-electron chi connectivity index (χ2n) is 5.50. The predicted octanol–water partition coefficient (Wildman–Crippen LogP) is 2.23. The van der Waals surface area contributed by atoms with E-state index in [1.807, 2.05) is 19.1 Å². The van der Waals surface area contributed by atoms with Crippen LogP contribution in [0.5, 0.6) is 0 Å². The van der Waals surface area contributed by atoms with Gasteiger partial charge in [-0.3, -0.25) is 4.79 Å². The van der Waals surface area contributed by atoms with Crippen LogP contribution in [0.3, 0.4) is 0 Å². The maximum atomic E-state index is 12.7. The Kier molecular flexibility index (Phi) is 4.56. The summed E-state index contributed by atoms with van der Waals surface area (Å²) in [6.07, 6.45) is 5.03. The van der Waals surface area contributed by atoms with Gasteiger partial charge in [0, 0.05) is 36.9 Å². The van der Waals surface area contributed by atoms with Gasteiger partial charge < -0.3 is 19.4 Å². The topological polar surface area (TPSA) is 84.5 Å². The quantitative estimate of drug-likeness (QED) is 0.510. The average Bonchev–Trinajstić information content (AvgIpc) is 3.17. The summed E-state index contributed by atoms with van der Waals surface area (Å²) < 4.78 is 10.7. The smallest absolute Gasteiger partial charge is 0.347 e. The summed E-state index contributed by atoms with van der Waals surface area (Å²) in [6.45, 7) is 4.36. The van der Waals surface area contributed by atoms with Crippen molar-refractivity contribution in [2.24, 2.45) is 0 Å². The number of pyridine rings is 1. The number of fused-ring (bicyclic) bond motifs is 1. The van der Waals surface area contributed by atoms with Crippen LogP contribution in [0.1, 0.15) is 19.4 Å². The van der Waals surface area contributed by atoms with Gasteiger partial charge in [0.2, 0.25) is 11.7 Å². The van der Waals surface area contributed by atoms with Crippen LogP contribution in [0.4, 0.5) is 0 Å². The lowest BCUT2D eigenvalue weighted by Gasteiger charge is -2.17. The summed E-state index contributed by atoms with van der Waals surface area (Å²) in [6, 6.07) is 3.71. The number of aromatic amines is 1. The van der Waals surface area contributed by atoms with E-state index in [4.69, 9.17) is 9.47 Å². The van der Waals surface area contributed by atoms with Crippen LogP contribution in [0.15, 0.2) is 41.7 Å². The minimum Gasteiger partial charge on any atom is -0.462 e. The molecule has 7 heteroatoms. The Bertz CT molecular complexity index is 895. The summed E-state index contributed by atoms with van der Waals surface area (Å²) in [5.41, 5.74) is 1.40. The molecule has 0 saturated heterocycles. The van der Waals surface area contributed by atoms with Crippen molar-refractivity contribution in [2.45, 2.75) is 13.8 Å². The molecule has 2 aromatic heterocycles. The number of hydrogen-bond acceptors (Lipinski definition) is 6. The maximum absolute atomic E-state index is 12.7. The van der Waals surface area contributed by atoms with Crippen molar-refractivity contribution < 1.29 is 19.1 Å². The second kappa shape index (κ2) is 6.80. The van der Waals surface area contributed by atoms with Crippen LogP contribution >= 0.6 is 0 Å². The van der Waals surface area contributed by atoms with Gasteiger partial charge in [-0.25, -0.2) is 9.78 Å². The van der Waals surface area contributed by atoms with E-state index in [-0.39, 0.29) is 23.8 Å². The standard InChI is InChI=1S/C18H19N3O4/c1-4-21(3)17-14(18(23)24-5-2)15(22)13(25-17)9-11-10-20-16-12(11)7-6-8-19-16/h6-10H,4-5H2,1-3H3,(H,19,20)/b13-9-. The Hall–Kier alpha value is -3.09. The first-order valence-corrected chi connectivity index (χ1v) is 8.05. The zero-order chi connectivity index (χ0) is 18.0.